The number of hydrogen-bond donors (Lipinski definition) is 1. The van der Waals surface area contributed by atoms with Crippen molar-refractivity contribution >= 4 is 5.91 Å². The smallest absolute Gasteiger partial charge is 0.225 e. The fourth-order valence-corrected chi connectivity index (χ4v) is 3.42. The van der Waals surface area contributed by atoms with Gasteiger partial charge in [-0.05, 0) is 31.6 Å². The highest BCUT2D eigenvalue weighted by Crippen LogP contribution is 2.27. The second-order valence-electron chi connectivity index (χ2n) is 5.99. The molecule has 0 bridgehead atoms. The number of nitriles is 1. The zero-order chi connectivity index (χ0) is 13.7. The highest BCUT2D eigenvalue weighted by molar-refractivity contribution is 5.77. The lowest BCUT2D eigenvalue weighted by Gasteiger charge is -2.25. The van der Waals surface area contributed by atoms with Crippen LogP contribution in [0, 0.1) is 17.2 Å². The number of rotatable bonds is 3. The molecule has 0 aromatic heterocycles. The number of nitrogens with two attached hydrogens (primary N) is 1. The van der Waals surface area contributed by atoms with E-state index in [1.807, 2.05) is 0 Å². The number of carbonyl (C=O) groups excluding carboxylic acids is 1. The number of nitrogens with zero attached hydrogens (tertiary/aromatic N) is 2. The van der Waals surface area contributed by atoms with E-state index in [9.17, 15) is 4.79 Å². The van der Waals surface area contributed by atoms with Crippen molar-refractivity contribution in [1.82, 2.24) is 4.90 Å². The van der Waals surface area contributed by atoms with Crippen molar-refractivity contribution in [3.63, 3.8) is 0 Å². The Hall–Kier alpha value is -1.08. The topological polar surface area (TPSA) is 70.1 Å². The van der Waals surface area contributed by atoms with Crippen LogP contribution in [0.1, 0.15) is 57.8 Å². The maximum atomic E-state index is 12.2. The van der Waals surface area contributed by atoms with Crippen molar-refractivity contribution in [3.05, 3.63) is 0 Å². The fourth-order valence-electron chi connectivity index (χ4n) is 3.42. The molecule has 19 heavy (non-hydrogen) atoms. The maximum Gasteiger partial charge on any atom is 0.225 e. The molecule has 1 aliphatic heterocycles. The molecule has 1 saturated heterocycles. The average molecular weight is 263 g/mol. The zero-order valence-corrected chi connectivity index (χ0v) is 11.7. The van der Waals surface area contributed by atoms with E-state index >= 15 is 0 Å². The Morgan fingerprint density at radius 1 is 1.21 bits per heavy atom. The van der Waals surface area contributed by atoms with Crippen LogP contribution in [0.25, 0.3) is 0 Å². The zero-order valence-electron chi connectivity index (χ0n) is 11.7. The van der Waals surface area contributed by atoms with Gasteiger partial charge >= 0.3 is 0 Å². The summed E-state index contributed by atoms with van der Waals surface area (Å²) in [4.78, 5) is 14.0. The average Bonchev–Trinajstić information content (AvgIpc) is 2.72. The predicted octanol–water partition coefficient (Wildman–Crippen LogP) is 2.19. The van der Waals surface area contributed by atoms with Crippen molar-refractivity contribution in [3.8, 4) is 6.07 Å². The number of carbonyl (C=O) groups is 1. The summed E-state index contributed by atoms with van der Waals surface area (Å²) >= 11 is 0. The predicted molar refractivity (Wildman–Crippen MR) is 74.1 cm³/mol. The summed E-state index contributed by atoms with van der Waals surface area (Å²) in [5.41, 5.74) is 6.24. The first-order valence-corrected chi connectivity index (χ1v) is 7.67. The van der Waals surface area contributed by atoms with Crippen molar-refractivity contribution < 1.29 is 4.79 Å². The second-order valence-corrected chi connectivity index (χ2v) is 5.99. The van der Waals surface area contributed by atoms with Crippen LogP contribution in [0.15, 0.2) is 0 Å². The summed E-state index contributed by atoms with van der Waals surface area (Å²) in [6, 6.07) is 1.99. The minimum atomic E-state index is -0.214. The number of hydrogen-bond acceptors (Lipinski definition) is 3. The normalized spacial score (nSPS) is 26.7. The Morgan fingerprint density at radius 2 is 1.89 bits per heavy atom. The van der Waals surface area contributed by atoms with Crippen LogP contribution in [0.5, 0.6) is 0 Å². The molecule has 0 aromatic rings. The van der Waals surface area contributed by atoms with Gasteiger partial charge in [-0.3, -0.25) is 4.79 Å². The lowest BCUT2D eigenvalue weighted by atomic mass is 9.90. The first-order chi connectivity index (χ1) is 9.22. The largest absolute Gasteiger partial charge is 0.327 e. The molecule has 1 amide bonds. The third-order valence-electron chi connectivity index (χ3n) is 4.64. The highest BCUT2D eigenvalue weighted by Gasteiger charge is 2.30. The number of likely N-dealkylation sites (tertiary alicyclic amines) is 1. The van der Waals surface area contributed by atoms with E-state index in [0.717, 1.165) is 32.2 Å². The Balaban J connectivity index is 1.85. The third kappa shape index (κ3) is 3.70. The summed E-state index contributed by atoms with van der Waals surface area (Å²) in [6.07, 6.45) is 9.62. The highest BCUT2D eigenvalue weighted by atomic mass is 16.2. The Morgan fingerprint density at radius 3 is 2.53 bits per heavy atom. The van der Waals surface area contributed by atoms with Crippen LogP contribution in [0.2, 0.25) is 0 Å². The summed E-state index contributed by atoms with van der Waals surface area (Å²) in [5, 5.41) is 9.03. The lowest BCUT2D eigenvalue weighted by Crippen LogP contribution is -2.40. The Labute approximate surface area is 115 Å². The van der Waals surface area contributed by atoms with Gasteiger partial charge in [-0.15, -0.1) is 0 Å². The first-order valence-electron chi connectivity index (χ1n) is 7.67. The molecule has 2 aliphatic rings. The molecule has 2 atom stereocenters. The molecule has 1 saturated carbocycles. The quantitative estimate of drug-likeness (QED) is 0.793. The molecule has 0 aromatic carbocycles. The van der Waals surface area contributed by atoms with Crippen molar-refractivity contribution in [2.75, 3.05) is 6.54 Å². The monoisotopic (exact) mass is 263 g/mol. The molecule has 0 radical (unpaired) electrons. The molecule has 4 heteroatoms. The molecule has 2 fully saturated rings. The van der Waals surface area contributed by atoms with Crippen molar-refractivity contribution in [2.45, 2.75) is 69.9 Å². The molecule has 2 rings (SSSR count). The van der Waals surface area contributed by atoms with E-state index in [2.05, 4.69) is 6.07 Å². The molecule has 106 valence electrons. The van der Waals surface area contributed by atoms with Gasteiger partial charge in [-0.25, -0.2) is 0 Å². The van der Waals surface area contributed by atoms with E-state index in [-0.39, 0.29) is 18.0 Å². The van der Waals surface area contributed by atoms with Crippen LogP contribution in [-0.2, 0) is 4.79 Å². The Bertz CT molecular complexity index is 342. The molecule has 2 unspecified atom stereocenters. The maximum absolute atomic E-state index is 12.2. The summed E-state index contributed by atoms with van der Waals surface area (Å²) in [6.45, 7) is 0.731. The van der Waals surface area contributed by atoms with Crippen molar-refractivity contribution in [1.29, 1.82) is 5.26 Å². The van der Waals surface area contributed by atoms with Gasteiger partial charge in [0.2, 0.25) is 5.91 Å². The molecule has 0 spiro atoms. The minimum absolute atomic E-state index is 0.0226. The van der Waals surface area contributed by atoms with E-state index in [4.69, 9.17) is 11.0 Å². The van der Waals surface area contributed by atoms with Gasteiger partial charge in [0.25, 0.3) is 0 Å². The van der Waals surface area contributed by atoms with Gasteiger partial charge in [0.05, 0.1) is 6.07 Å². The molecule has 2 N–H and O–H groups in total. The SMILES string of the molecule is N#CC1CCCN1C(=O)CC(N)C1CCCCCC1. The van der Waals surface area contributed by atoms with Crippen LogP contribution < -0.4 is 5.73 Å². The van der Waals surface area contributed by atoms with Crippen molar-refractivity contribution in [2.24, 2.45) is 11.7 Å². The summed E-state index contributed by atoms with van der Waals surface area (Å²) < 4.78 is 0. The lowest BCUT2D eigenvalue weighted by molar-refractivity contribution is -0.131. The van der Waals surface area contributed by atoms with Gasteiger partial charge in [0.15, 0.2) is 0 Å². The minimum Gasteiger partial charge on any atom is -0.327 e. The molecular formula is C15H25N3O. The van der Waals surface area contributed by atoms with E-state index in [1.54, 1.807) is 4.90 Å². The molecule has 1 aliphatic carbocycles. The van der Waals surface area contributed by atoms with Gasteiger partial charge in [0, 0.05) is 19.0 Å². The van der Waals surface area contributed by atoms with Gasteiger partial charge in [0.1, 0.15) is 6.04 Å². The van der Waals surface area contributed by atoms with Crippen LogP contribution in [0.3, 0.4) is 0 Å². The molecule has 1 heterocycles. The Kier molecular flexibility index (Phi) is 5.21. The van der Waals surface area contributed by atoms with E-state index < -0.39 is 0 Å². The van der Waals surface area contributed by atoms with E-state index in [0.29, 0.717) is 12.3 Å². The molecule has 4 nitrogen and oxygen atoms in total. The van der Waals surface area contributed by atoms with Gasteiger partial charge in [-0.2, -0.15) is 5.26 Å². The fraction of sp³-hybridized carbons (Fsp3) is 0.867. The van der Waals surface area contributed by atoms with Crippen LogP contribution in [-0.4, -0.2) is 29.4 Å². The first kappa shape index (κ1) is 14.3. The van der Waals surface area contributed by atoms with Gasteiger partial charge in [-0.1, -0.05) is 25.7 Å². The second kappa shape index (κ2) is 6.91. The summed E-state index contributed by atoms with van der Waals surface area (Å²) in [7, 11) is 0. The van der Waals surface area contributed by atoms with Gasteiger partial charge < -0.3 is 10.6 Å². The van der Waals surface area contributed by atoms with Crippen LogP contribution >= 0.6 is 0 Å². The number of amides is 1. The van der Waals surface area contributed by atoms with Crippen LogP contribution in [0.4, 0.5) is 0 Å². The summed E-state index contributed by atoms with van der Waals surface area (Å²) in [5.74, 6) is 0.579. The standard InChI is InChI=1S/C15H25N3O/c16-11-13-8-5-9-18(13)15(19)10-14(17)12-6-3-1-2-4-7-12/h12-14H,1-10,17H2. The third-order valence-corrected chi connectivity index (χ3v) is 4.64. The van der Waals surface area contributed by atoms with E-state index in [1.165, 1.54) is 25.7 Å². The molecular weight excluding hydrogens is 238 g/mol.